The van der Waals surface area contributed by atoms with E-state index in [2.05, 4.69) is 10.6 Å². The van der Waals surface area contributed by atoms with Crippen LogP contribution in [0.25, 0.3) is 0 Å². The number of carbonyl (C=O) groups is 2. The topological polar surface area (TPSA) is 82.0 Å². The van der Waals surface area contributed by atoms with Crippen LogP contribution in [-0.4, -0.2) is 24.9 Å². The van der Waals surface area contributed by atoms with Crippen LogP contribution < -0.4 is 10.6 Å². The van der Waals surface area contributed by atoms with E-state index >= 15 is 0 Å². The highest BCUT2D eigenvalue weighted by Crippen LogP contribution is 2.16. The normalized spacial score (nSPS) is 23.1. The molecule has 0 saturated carbocycles. The molecule has 14 heavy (non-hydrogen) atoms. The second-order valence-corrected chi connectivity index (χ2v) is 3.33. The molecule has 0 radical (unpaired) electrons. The zero-order chi connectivity index (χ0) is 10.4. The van der Waals surface area contributed by atoms with Crippen molar-refractivity contribution >= 4 is 12.3 Å². The molecule has 5 nitrogen and oxygen atoms in total. The molecule has 0 unspecified atom stereocenters. The zero-order valence-corrected chi connectivity index (χ0v) is 7.82. The van der Waals surface area contributed by atoms with Crippen molar-refractivity contribution in [3.8, 4) is 6.07 Å². The molecule has 1 aliphatic rings. The fourth-order valence-corrected chi connectivity index (χ4v) is 1.59. The first-order chi connectivity index (χ1) is 6.77. The number of hydrogen-bond donors (Lipinski definition) is 2. The predicted molar refractivity (Wildman–Crippen MR) is 49.0 cm³/mol. The number of rotatable bonds is 4. The molecule has 76 valence electrons. The predicted octanol–water partition coefficient (Wildman–Crippen LogP) is -0.459. The molecular weight excluding hydrogens is 182 g/mol. The van der Waals surface area contributed by atoms with E-state index in [9.17, 15) is 9.59 Å². The Labute approximate surface area is 82.5 Å². The molecule has 2 N–H and O–H groups in total. The van der Waals surface area contributed by atoms with Crippen molar-refractivity contribution in [3.63, 3.8) is 0 Å². The van der Waals surface area contributed by atoms with Gasteiger partial charge in [0.15, 0.2) is 0 Å². The maximum absolute atomic E-state index is 11.3. The van der Waals surface area contributed by atoms with E-state index in [1.54, 1.807) is 0 Å². The van der Waals surface area contributed by atoms with Crippen LogP contribution in [-0.2, 0) is 9.59 Å². The van der Waals surface area contributed by atoms with E-state index in [0.29, 0.717) is 19.4 Å². The number of amides is 2. The lowest BCUT2D eigenvalue weighted by Gasteiger charge is -2.23. The summed E-state index contributed by atoms with van der Waals surface area (Å²) in [5.41, 5.74) is 0. The number of carbonyl (C=O) groups excluding carboxylic acids is 2. The number of piperidine rings is 1. The average molecular weight is 195 g/mol. The zero-order valence-electron chi connectivity index (χ0n) is 7.82. The lowest BCUT2D eigenvalue weighted by atomic mass is 9.92. The molecule has 2 amide bonds. The van der Waals surface area contributed by atoms with E-state index in [-0.39, 0.29) is 11.8 Å². The molecule has 5 heteroatoms. The summed E-state index contributed by atoms with van der Waals surface area (Å²) >= 11 is 0. The number of hydrogen-bond acceptors (Lipinski definition) is 3. The minimum atomic E-state index is -0.554. The van der Waals surface area contributed by atoms with Crippen molar-refractivity contribution in [3.05, 3.63) is 0 Å². The standard InChI is InChI=1S/C9H13N3O2/c10-5-8(12-6-13)4-7-2-1-3-11-9(7)14/h6-8H,1-4H2,(H,11,14)(H,12,13)/t7-,8-/m0/s1. The first-order valence-corrected chi connectivity index (χ1v) is 4.65. The molecule has 0 aromatic carbocycles. The van der Waals surface area contributed by atoms with Crippen LogP contribution in [0.2, 0.25) is 0 Å². The van der Waals surface area contributed by atoms with E-state index in [4.69, 9.17) is 5.26 Å². The van der Waals surface area contributed by atoms with Crippen LogP contribution in [0.3, 0.4) is 0 Å². The molecule has 1 saturated heterocycles. The molecule has 0 aromatic rings. The molecular formula is C9H13N3O2. The van der Waals surface area contributed by atoms with E-state index in [0.717, 1.165) is 12.8 Å². The van der Waals surface area contributed by atoms with Gasteiger partial charge < -0.3 is 10.6 Å². The summed E-state index contributed by atoms with van der Waals surface area (Å²) < 4.78 is 0. The van der Waals surface area contributed by atoms with Crippen LogP contribution >= 0.6 is 0 Å². The van der Waals surface area contributed by atoms with Gasteiger partial charge in [0.05, 0.1) is 6.07 Å². The molecule has 0 bridgehead atoms. The Bertz CT molecular complexity index is 259. The summed E-state index contributed by atoms with van der Waals surface area (Å²) in [6.45, 7) is 0.716. The summed E-state index contributed by atoms with van der Waals surface area (Å²) in [6.07, 6.45) is 2.63. The fraction of sp³-hybridized carbons (Fsp3) is 0.667. The quantitative estimate of drug-likeness (QED) is 0.595. The SMILES string of the molecule is N#C[C@H](C[C@@H]1CCCNC1=O)NC=O. The summed E-state index contributed by atoms with van der Waals surface area (Å²) in [7, 11) is 0. The Morgan fingerprint density at radius 3 is 3.14 bits per heavy atom. The first kappa shape index (κ1) is 10.5. The molecule has 0 spiro atoms. The van der Waals surface area contributed by atoms with E-state index in [1.165, 1.54) is 0 Å². The molecule has 1 rings (SSSR count). The molecule has 0 aliphatic carbocycles. The number of nitrogens with one attached hydrogen (secondary N) is 2. The van der Waals surface area contributed by atoms with E-state index in [1.807, 2.05) is 6.07 Å². The van der Waals surface area contributed by atoms with Gasteiger partial charge >= 0.3 is 0 Å². The minimum Gasteiger partial charge on any atom is -0.356 e. The van der Waals surface area contributed by atoms with Crippen LogP contribution in [0.1, 0.15) is 19.3 Å². The third-order valence-electron chi connectivity index (χ3n) is 2.34. The van der Waals surface area contributed by atoms with Gasteiger partial charge in [-0.2, -0.15) is 5.26 Å². The Kier molecular flexibility index (Phi) is 3.92. The van der Waals surface area contributed by atoms with Crippen molar-refractivity contribution in [1.82, 2.24) is 10.6 Å². The fourth-order valence-electron chi connectivity index (χ4n) is 1.59. The molecule has 1 heterocycles. The van der Waals surface area contributed by atoms with Gasteiger partial charge in [0.25, 0.3) is 0 Å². The maximum Gasteiger partial charge on any atom is 0.223 e. The van der Waals surface area contributed by atoms with Crippen LogP contribution in [0.15, 0.2) is 0 Å². The van der Waals surface area contributed by atoms with Gasteiger partial charge in [0.1, 0.15) is 6.04 Å². The highest BCUT2D eigenvalue weighted by atomic mass is 16.2. The van der Waals surface area contributed by atoms with Crippen LogP contribution in [0.4, 0.5) is 0 Å². The Hall–Kier alpha value is -1.57. The van der Waals surface area contributed by atoms with Gasteiger partial charge in [-0.15, -0.1) is 0 Å². The molecule has 2 atom stereocenters. The van der Waals surface area contributed by atoms with Crippen molar-refractivity contribution in [1.29, 1.82) is 5.26 Å². The molecule has 1 fully saturated rings. The van der Waals surface area contributed by atoms with Gasteiger partial charge in [-0.1, -0.05) is 0 Å². The summed E-state index contributed by atoms with van der Waals surface area (Å²) in [5.74, 6) is -0.148. The highest BCUT2D eigenvalue weighted by Gasteiger charge is 2.24. The van der Waals surface area contributed by atoms with E-state index < -0.39 is 6.04 Å². The maximum atomic E-state index is 11.3. The van der Waals surface area contributed by atoms with Crippen molar-refractivity contribution < 1.29 is 9.59 Å². The van der Waals surface area contributed by atoms with Gasteiger partial charge in [0, 0.05) is 12.5 Å². The van der Waals surface area contributed by atoms with Gasteiger partial charge in [-0.3, -0.25) is 9.59 Å². The lowest BCUT2D eigenvalue weighted by Crippen LogP contribution is -2.40. The first-order valence-electron chi connectivity index (χ1n) is 4.65. The van der Waals surface area contributed by atoms with Crippen molar-refractivity contribution in [2.24, 2.45) is 5.92 Å². The summed E-state index contributed by atoms with van der Waals surface area (Å²) in [5, 5.41) is 13.8. The van der Waals surface area contributed by atoms with Gasteiger partial charge in [-0.05, 0) is 19.3 Å². The molecule has 1 aliphatic heterocycles. The molecule has 0 aromatic heterocycles. The summed E-state index contributed by atoms with van der Waals surface area (Å²) in [4.78, 5) is 21.4. The van der Waals surface area contributed by atoms with Crippen molar-refractivity contribution in [2.45, 2.75) is 25.3 Å². The van der Waals surface area contributed by atoms with Crippen molar-refractivity contribution in [2.75, 3.05) is 6.54 Å². The third-order valence-corrected chi connectivity index (χ3v) is 2.34. The largest absolute Gasteiger partial charge is 0.356 e. The Balaban J connectivity index is 2.44. The minimum absolute atomic E-state index is 0.0100. The van der Waals surface area contributed by atoms with Gasteiger partial charge in [-0.25, -0.2) is 0 Å². The average Bonchev–Trinajstić information content (AvgIpc) is 2.20. The lowest BCUT2D eigenvalue weighted by molar-refractivity contribution is -0.127. The third kappa shape index (κ3) is 2.73. The van der Waals surface area contributed by atoms with Crippen LogP contribution in [0, 0.1) is 17.2 Å². The summed E-state index contributed by atoms with van der Waals surface area (Å²) in [6, 6.07) is 1.39. The van der Waals surface area contributed by atoms with Crippen LogP contribution in [0.5, 0.6) is 0 Å². The monoisotopic (exact) mass is 195 g/mol. The Morgan fingerprint density at radius 1 is 1.79 bits per heavy atom. The Morgan fingerprint density at radius 2 is 2.57 bits per heavy atom. The van der Waals surface area contributed by atoms with Gasteiger partial charge in [0.2, 0.25) is 12.3 Å². The smallest absolute Gasteiger partial charge is 0.223 e. The number of nitrogens with zero attached hydrogens (tertiary/aromatic N) is 1. The second-order valence-electron chi connectivity index (χ2n) is 3.33. The number of nitriles is 1. The second kappa shape index (κ2) is 5.22. The highest BCUT2D eigenvalue weighted by molar-refractivity contribution is 5.79.